The van der Waals surface area contributed by atoms with Crippen molar-refractivity contribution in [3.05, 3.63) is 53.8 Å². The summed E-state index contributed by atoms with van der Waals surface area (Å²) in [5, 5.41) is 0. The second-order valence-electron chi connectivity index (χ2n) is 4.82. The van der Waals surface area contributed by atoms with Crippen molar-refractivity contribution in [1.29, 1.82) is 0 Å². The maximum atomic E-state index is 13.3. The first-order chi connectivity index (χ1) is 9.77. The summed E-state index contributed by atoms with van der Waals surface area (Å²) in [5.74, 6) is 0.350. The van der Waals surface area contributed by atoms with Gasteiger partial charge in [-0.15, -0.1) is 0 Å². The molecule has 4 nitrogen and oxygen atoms in total. The molecule has 0 unspecified atom stereocenters. The lowest BCUT2D eigenvalue weighted by atomic mass is 10.1. The number of rotatable bonds is 4. The van der Waals surface area contributed by atoms with Crippen LogP contribution in [0.1, 0.15) is 18.5 Å². The SMILES string of the molecule is C[C@H](N)c1cc(F)ccc1Oc1cccc(S(C)(=O)=O)c1. The minimum absolute atomic E-state index is 0.157. The lowest BCUT2D eigenvalue weighted by Crippen LogP contribution is -2.07. The van der Waals surface area contributed by atoms with E-state index in [2.05, 4.69) is 0 Å². The van der Waals surface area contributed by atoms with Crippen LogP contribution < -0.4 is 10.5 Å². The molecule has 0 radical (unpaired) electrons. The predicted molar refractivity (Wildman–Crippen MR) is 78.6 cm³/mol. The summed E-state index contributed by atoms with van der Waals surface area (Å²) in [6.07, 6.45) is 1.12. The quantitative estimate of drug-likeness (QED) is 0.942. The van der Waals surface area contributed by atoms with Gasteiger partial charge in [0.05, 0.1) is 4.90 Å². The van der Waals surface area contributed by atoms with Crippen molar-refractivity contribution in [3.8, 4) is 11.5 Å². The Bertz CT molecular complexity index is 757. The summed E-state index contributed by atoms with van der Waals surface area (Å²) in [5.41, 5.74) is 6.31. The molecule has 0 saturated heterocycles. The van der Waals surface area contributed by atoms with Crippen LogP contribution in [0.15, 0.2) is 47.4 Å². The van der Waals surface area contributed by atoms with Gasteiger partial charge in [0.15, 0.2) is 9.84 Å². The van der Waals surface area contributed by atoms with Gasteiger partial charge in [-0.05, 0) is 43.3 Å². The highest BCUT2D eigenvalue weighted by molar-refractivity contribution is 7.90. The number of nitrogens with two attached hydrogens (primary N) is 1. The van der Waals surface area contributed by atoms with Crippen molar-refractivity contribution >= 4 is 9.84 Å². The van der Waals surface area contributed by atoms with Gasteiger partial charge in [0, 0.05) is 17.9 Å². The van der Waals surface area contributed by atoms with Gasteiger partial charge in [0.1, 0.15) is 17.3 Å². The average molecular weight is 309 g/mol. The highest BCUT2D eigenvalue weighted by Gasteiger charge is 2.12. The van der Waals surface area contributed by atoms with Crippen LogP contribution in [0.2, 0.25) is 0 Å². The number of hydrogen-bond acceptors (Lipinski definition) is 4. The second-order valence-corrected chi connectivity index (χ2v) is 6.84. The molecule has 6 heteroatoms. The van der Waals surface area contributed by atoms with E-state index in [1.54, 1.807) is 19.1 Å². The number of ether oxygens (including phenoxy) is 1. The molecule has 0 aliphatic rings. The molecule has 0 fully saturated rings. The molecule has 112 valence electrons. The maximum absolute atomic E-state index is 13.3. The first kappa shape index (κ1) is 15.5. The van der Waals surface area contributed by atoms with Gasteiger partial charge in [0.25, 0.3) is 0 Å². The average Bonchev–Trinajstić information content (AvgIpc) is 2.40. The maximum Gasteiger partial charge on any atom is 0.175 e. The Balaban J connectivity index is 2.39. The molecule has 0 aromatic heterocycles. The largest absolute Gasteiger partial charge is 0.457 e. The summed E-state index contributed by atoms with van der Waals surface area (Å²) in [6, 6.07) is 9.75. The Morgan fingerprint density at radius 3 is 2.52 bits per heavy atom. The van der Waals surface area contributed by atoms with Crippen LogP contribution in [0.4, 0.5) is 4.39 Å². The van der Waals surface area contributed by atoms with E-state index in [1.165, 1.54) is 30.3 Å². The second kappa shape index (κ2) is 5.83. The molecule has 2 aromatic carbocycles. The Morgan fingerprint density at radius 2 is 1.90 bits per heavy atom. The van der Waals surface area contributed by atoms with Gasteiger partial charge < -0.3 is 10.5 Å². The Morgan fingerprint density at radius 1 is 1.19 bits per heavy atom. The topological polar surface area (TPSA) is 69.4 Å². The van der Waals surface area contributed by atoms with Crippen molar-refractivity contribution in [2.75, 3.05) is 6.26 Å². The van der Waals surface area contributed by atoms with Crippen molar-refractivity contribution in [1.82, 2.24) is 0 Å². The lowest BCUT2D eigenvalue weighted by molar-refractivity contribution is 0.467. The van der Waals surface area contributed by atoms with Gasteiger partial charge in [-0.25, -0.2) is 12.8 Å². The minimum atomic E-state index is -3.32. The van der Waals surface area contributed by atoms with E-state index in [0.29, 0.717) is 17.1 Å². The zero-order chi connectivity index (χ0) is 15.6. The van der Waals surface area contributed by atoms with Crippen LogP contribution >= 0.6 is 0 Å². The Hall–Kier alpha value is -1.92. The molecule has 0 saturated carbocycles. The standard InChI is InChI=1S/C15H16FNO3S/c1-10(17)14-8-11(16)6-7-15(14)20-12-4-3-5-13(9-12)21(2,18)19/h3-10H,17H2,1-2H3/t10-/m0/s1. The van der Waals surface area contributed by atoms with E-state index in [-0.39, 0.29) is 4.90 Å². The highest BCUT2D eigenvalue weighted by atomic mass is 32.2. The number of hydrogen-bond donors (Lipinski definition) is 1. The number of halogens is 1. The highest BCUT2D eigenvalue weighted by Crippen LogP contribution is 2.30. The first-order valence-electron chi connectivity index (χ1n) is 6.30. The fraction of sp³-hybridized carbons (Fsp3) is 0.200. The monoisotopic (exact) mass is 309 g/mol. The molecule has 1 atom stereocenters. The van der Waals surface area contributed by atoms with E-state index in [4.69, 9.17) is 10.5 Å². The third-order valence-corrected chi connectivity index (χ3v) is 4.03. The Labute approximate surface area is 123 Å². The van der Waals surface area contributed by atoms with Crippen LogP contribution in [0.3, 0.4) is 0 Å². The lowest BCUT2D eigenvalue weighted by Gasteiger charge is -2.14. The molecular formula is C15H16FNO3S. The fourth-order valence-electron chi connectivity index (χ4n) is 1.86. The number of benzene rings is 2. The zero-order valence-corrected chi connectivity index (χ0v) is 12.5. The van der Waals surface area contributed by atoms with Gasteiger partial charge in [-0.1, -0.05) is 6.07 Å². The van der Waals surface area contributed by atoms with Gasteiger partial charge in [-0.2, -0.15) is 0 Å². The summed E-state index contributed by atoms with van der Waals surface area (Å²) in [6.45, 7) is 1.72. The molecule has 0 amide bonds. The number of sulfone groups is 1. The molecule has 0 heterocycles. The van der Waals surface area contributed by atoms with Crippen molar-refractivity contribution in [2.45, 2.75) is 17.9 Å². The third-order valence-electron chi connectivity index (χ3n) is 2.92. The smallest absolute Gasteiger partial charge is 0.175 e. The van der Waals surface area contributed by atoms with Gasteiger partial charge in [-0.3, -0.25) is 0 Å². The molecule has 0 aliphatic heterocycles. The minimum Gasteiger partial charge on any atom is -0.457 e. The van der Waals surface area contributed by atoms with Crippen molar-refractivity contribution in [2.24, 2.45) is 5.73 Å². The summed E-state index contributed by atoms with van der Waals surface area (Å²) in [4.78, 5) is 0.157. The van der Waals surface area contributed by atoms with E-state index in [9.17, 15) is 12.8 Å². The Kier molecular flexibility index (Phi) is 4.29. The van der Waals surface area contributed by atoms with Crippen LogP contribution in [0.5, 0.6) is 11.5 Å². The normalized spacial score (nSPS) is 13.0. The van der Waals surface area contributed by atoms with Crippen molar-refractivity contribution in [3.63, 3.8) is 0 Å². The molecule has 0 bridgehead atoms. The first-order valence-corrected chi connectivity index (χ1v) is 8.19. The van der Waals surface area contributed by atoms with E-state index in [1.807, 2.05) is 0 Å². The van der Waals surface area contributed by atoms with Crippen LogP contribution in [0.25, 0.3) is 0 Å². The van der Waals surface area contributed by atoms with Crippen LogP contribution in [-0.4, -0.2) is 14.7 Å². The molecule has 2 rings (SSSR count). The zero-order valence-electron chi connectivity index (χ0n) is 11.7. The molecule has 0 spiro atoms. The van der Waals surface area contributed by atoms with E-state index < -0.39 is 21.7 Å². The molecule has 2 N–H and O–H groups in total. The molecular weight excluding hydrogens is 293 g/mol. The predicted octanol–water partition coefficient (Wildman–Crippen LogP) is 3.04. The summed E-state index contributed by atoms with van der Waals surface area (Å²) in [7, 11) is -3.32. The van der Waals surface area contributed by atoms with Gasteiger partial charge >= 0.3 is 0 Å². The van der Waals surface area contributed by atoms with Crippen LogP contribution in [-0.2, 0) is 9.84 Å². The molecule has 21 heavy (non-hydrogen) atoms. The molecule has 0 aliphatic carbocycles. The van der Waals surface area contributed by atoms with Gasteiger partial charge in [0.2, 0.25) is 0 Å². The summed E-state index contributed by atoms with van der Waals surface area (Å²) < 4.78 is 42.0. The fourth-order valence-corrected chi connectivity index (χ4v) is 2.52. The third kappa shape index (κ3) is 3.80. The van der Waals surface area contributed by atoms with E-state index >= 15 is 0 Å². The van der Waals surface area contributed by atoms with Crippen LogP contribution in [0, 0.1) is 5.82 Å². The summed E-state index contributed by atoms with van der Waals surface area (Å²) >= 11 is 0. The molecule has 2 aromatic rings. The van der Waals surface area contributed by atoms with E-state index in [0.717, 1.165) is 6.26 Å². The van der Waals surface area contributed by atoms with Crippen molar-refractivity contribution < 1.29 is 17.5 Å².